The molecule has 0 aromatic rings. The lowest BCUT2D eigenvalue weighted by molar-refractivity contribution is -0.161. The number of carbonyl (C=O) groups excluding carboxylic acids is 2. The van der Waals surface area contributed by atoms with Gasteiger partial charge in [-0.2, -0.15) is 0 Å². The summed E-state index contributed by atoms with van der Waals surface area (Å²) in [6.45, 7) is 3.94. The zero-order chi connectivity index (χ0) is 32.9. The summed E-state index contributed by atoms with van der Waals surface area (Å²) < 4.78 is 10.5. The molecule has 45 heavy (non-hydrogen) atoms. The Morgan fingerprint density at radius 1 is 0.533 bits per heavy atom. The van der Waals surface area contributed by atoms with Crippen molar-refractivity contribution in [3.8, 4) is 0 Å². The molecule has 0 aromatic carbocycles. The van der Waals surface area contributed by atoms with Crippen LogP contribution in [-0.4, -0.2) is 36.4 Å². The van der Waals surface area contributed by atoms with Crippen molar-refractivity contribution in [3.05, 3.63) is 72.9 Å². The number of esters is 2. The van der Waals surface area contributed by atoms with Gasteiger partial charge in [0, 0.05) is 12.8 Å². The van der Waals surface area contributed by atoms with E-state index in [2.05, 4.69) is 86.8 Å². The van der Waals surface area contributed by atoms with E-state index in [1.807, 2.05) is 0 Å². The molecule has 5 heteroatoms. The first-order valence-electron chi connectivity index (χ1n) is 18.0. The summed E-state index contributed by atoms with van der Waals surface area (Å²) in [5.74, 6) is -0.648. The monoisotopic (exact) mass is 626 g/mol. The third kappa shape index (κ3) is 34.1. The highest BCUT2D eigenvalue weighted by molar-refractivity contribution is 5.70. The van der Waals surface area contributed by atoms with Crippen molar-refractivity contribution in [1.29, 1.82) is 0 Å². The second kappa shape index (κ2) is 35.8. The predicted octanol–water partition coefficient (Wildman–Crippen LogP) is 11.0. The number of hydrogen-bond acceptors (Lipinski definition) is 5. The van der Waals surface area contributed by atoms with Crippen molar-refractivity contribution in [2.24, 2.45) is 0 Å². The maximum Gasteiger partial charge on any atom is 0.306 e. The molecule has 5 nitrogen and oxygen atoms in total. The van der Waals surface area contributed by atoms with Crippen molar-refractivity contribution in [3.63, 3.8) is 0 Å². The van der Waals surface area contributed by atoms with Gasteiger partial charge >= 0.3 is 11.9 Å². The molecule has 1 N–H and O–H groups in total. The normalized spacial score (nSPS) is 13.0. The van der Waals surface area contributed by atoms with Gasteiger partial charge in [-0.15, -0.1) is 0 Å². The smallest absolute Gasteiger partial charge is 0.306 e. The van der Waals surface area contributed by atoms with Crippen LogP contribution in [0.2, 0.25) is 0 Å². The van der Waals surface area contributed by atoms with Crippen LogP contribution in [0.5, 0.6) is 0 Å². The lowest BCUT2D eigenvalue weighted by atomic mass is 10.1. The minimum atomic E-state index is -0.794. The Morgan fingerprint density at radius 2 is 0.956 bits per heavy atom. The number of unbranched alkanes of at least 4 members (excludes halogenated alkanes) is 11. The molecule has 0 heterocycles. The number of aliphatic hydroxyl groups excluding tert-OH is 1. The Morgan fingerprint density at radius 3 is 1.49 bits per heavy atom. The van der Waals surface area contributed by atoms with Crippen LogP contribution in [0.4, 0.5) is 0 Å². The van der Waals surface area contributed by atoms with Crippen molar-refractivity contribution < 1.29 is 24.2 Å². The molecule has 0 aliphatic carbocycles. The first-order valence-corrected chi connectivity index (χ1v) is 18.0. The van der Waals surface area contributed by atoms with Gasteiger partial charge in [0.2, 0.25) is 0 Å². The van der Waals surface area contributed by atoms with E-state index in [-0.39, 0.29) is 25.2 Å². The molecule has 0 saturated heterocycles. The van der Waals surface area contributed by atoms with E-state index in [9.17, 15) is 14.7 Å². The van der Waals surface area contributed by atoms with E-state index in [0.717, 1.165) is 83.5 Å². The number of hydrogen-bond donors (Lipinski definition) is 1. The van der Waals surface area contributed by atoms with Gasteiger partial charge < -0.3 is 14.6 Å². The Bertz CT molecular complexity index is 849. The maximum atomic E-state index is 12.1. The Hall–Kier alpha value is -2.66. The molecule has 0 aliphatic heterocycles. The van der Waals surface area contributed by atoms with Crippen LogP contribution in [-0.2, 0) is 19.1 Å². The van der Waals surface area contributed by atoms with Gasteiger partial charge in [0.1, 0.15) is 6.61 Å². The topological polar surface area (TPSA) is 72.8 Å². The highest BCUT2D eigenvalue weighted by Gasteiger charge is 2.16. The molecule has 0 aromatic heterocycles. The molecule has 0 bridgehead atoms. The second-order valence-corrected chi connectivity index (χ2v) is 11.6. The maximum absolute atomic E-state index is 12.1. The average Bonchev–Trinajstić information content (AvgIpc) is 3.04. The minimum Gasteiger partial charge on any atom is -0.462 e. The Balaban J connectivity index is 3.70. The number of rotatable bonds is 31. The fraction of sp³-hybridized carbons (Fsp3) is 0.650. The SMILES string of the molecule is CC/C=C/C/C=C/C/C=C/C/C=C/C/C=C/CCCCCC(=O)O[C@@H](CO)COC(=O)CCCCCCC/C=C/CCCCC. The van der Waals surface area contributed by atoms with Crippen molar-refractivity contribution in [2.75, 3.05) is 13.2 Å². The third-order valence-corrected chi connectivity index (χ3v) is 7.23. The molecule has 0 spiro atoms. The van der Waals surface area contributed by atoms with Gasteiger partial charge in [-0.3, -0.25) is 9.59 Å². The molecule has 0 rings (SSSR count). The first kappa shape index (κ1) is 42.3. The van der Waals surface area contributed by atoms with Gasteiger partial charge in [0.25, 0.3) is 0 Å². The minimum absolute atomic E-state index is 0.0876. The van der Waals surface area contributed by atoms with E-state index < -0.39 is 6.10 Å². The highest BCUT2D eigenvalue weighted by Crippen LogP contribution is 2.10. The predicted molar refractivity (Wildman–Crippen MR) is 191 cm³/mol. The van der Waals surface area contributed by atoms with Crippen LogP contribution in [0.1, 0.15) is 149 Å². The number of ether oxygens (including phenoxy) is 2. The third-order valence-electron chi connectivity index (χ3n) is 7.23. The molecule has 0 radical (unpaired) electrons. The number of carbonyl (C=O) groups is 2. The first-order chi connectivity index (χ1) is 22.1. The lowest BCUT2D eigenvalue weighted by Crippen LogP contribution is -2.28. The fourth-order valence-electron chi connectivity index (χ4n) is 4.51. The van der Waals surface area contributed by atoms with E-state index in [1.165, 1.54) is 38.5 Å². The second-order valence-electron chi connectivity index (χ2n) is 11.6. The zero-order valence-corrected chi connectivity index (χ0v) is 28.8. The van der Waals surface area contributed by atoms with E-state index >= 15 is 0 Å². The number of aliphatic hydroxyl groups is 1. The quantitative estimate of drug-likeness (QED) is 0.0471. The van der Waals surface area contributed by atoms with Crippen molar-refractivity contribution >= 4 is 11.9 Å². The molecule has 0 aliphatic rings. The number of allylic oxidation sites excluding steroid dienone is 12. The highest BCUT2D eigenvalue weighted by atomic mass is 16.6. The van der Waals surface area contributed by atoms with Crippen molar-refractivity contribution in [2.45, 2.75) is 155 Å². The summed E-state index contributed by atoms with van der Waals surface area (Å²) in [5, 5.41) is 9.52. The summed E-state index contributed by atoms with van der Waals surface area (Å²) in [6, 6.07) is 0. The fourth-order valence-corrected chi connectivity index (χ4v) is 4.51. The largest absolute Gasteiger partial charge is 0.462 e. The van der Waals surface area contributed by atoms with Crippen LogP contribution in [0.15, 0.2) is 72.9 Å². The summed E-state index contributed by atoms with van der Waals surface area (Å²) >= 11 is 0. The Kier molecular flexibility index (Phi) is 33.7. The van der Waals surface area contributed by atoms with E-state index in [0.29, 0.717) is 12.8 Å². The van der Waals surface area contributed by atoms with Crippen LogP contribution < -0.4 is 0 Å². The summed E-state index contributed by atoms with van der Waals surface area (Å²) in [4.78, 5) is 24.1. The van der Waals surface area contributed by atoms with Crippen LogP contribution in [0, 0.1) is 0 Å². The molecule has 0 saturated carbocycles. The van der Waals surface area contributed by atoms with Gasteiger partial charge in [0.15, 0.2) is 6.10 Å². The summed E-state index contributed by atoms with van der Waals surface area (Å²) in [7, 11) is 0. The average molecular weight is 627 g/mol. The van der Waals surface area contributed by atoms with E-state index in [4.69, 9.17) is 9.47 Å². The molecular weight excluding hydrogens is 560 g/mol. The van der Waals surface area contributed by atoms with Gasteiger partial charge in [-0.1, -0.05) is 125 Å². The van der Waals surface area contributed by atoms with Crippen LogP contribution in [0.3, 0.4) is 0 Å². The van der Waals surface area contributed by atoms with Gasteiger partial charge in [-0.25, -0.2) is 0 Å². The molecule has 0 unspecified atom stereocenters. The summed E-state index contributed by atoms with van der Waals surface area (Å²) in [6.07, 6.45) is 46.7. The van der Waals surface area contributed by atoms with Gasteiger partial charge in [0.05, 0.1) is 6.61 Å². The zero-order valence-electron chi connectivity index (χ0n) is 28.8. The molecular formula is C40H66O5. The van der Waals surface area contributed by atoms with Crippen LogP contribution in [0.25, 0.3) is 0 Å². The van der Waals surface area contributed by atoms with Crippen LogP contribution >= 0.6 is 0 Å². The lowest BCUT2D eigenvalue weighted by Gasteiger charge is -2.15. The Labute approximate surface area is 276 Å². The molecule has 0 fully saturated rings. The summed E-state index contributed by atoms with van der Waals surface area (Å²) in [5.41, 5.74) is 0. The molecule has 1 atom stereocenters. The van der Waals surface area contributed by atoms with E-state index in [1.54, 1.807) is 0 Å². The molecule has 256 valence electrons. The standard InChI is InChI=1S/C40H66O5/c1-3-5-7-9-11-13-15-17-18-19-20-21-22-23-25-27-29-31-33-35-40(43)45-38(36-41)37-44-39(42)34-32-30-28-26-24-16-14-12-10-8-6-4-2/h5,7,11-14,17-18,20-21,23,25,38,41H,3-4,6,8-10,15-16,19,22,24,26-37H2,1-2H3/b7-5+,13-11+,14-12+,18-17+,21-20+,25-23+/t38-/m0/s1. The van der Waals surface area contributed by atoms with Gasteiger partial charge in [-0.05, 0) is 83.5 Å². The molecule has 0 amide bonds. The van der Waals surface area contributed by atoms with Crippen molar-refractivity contribution in [1.82, 2.24) is 0 Å².